The molecular formula is C20H14BrN3O3. The molecule has 0 aliphatic rings. The van der Waals surface area contributed by atoms with Crippen molar-refractivity contribution in [2.24, 2.45) is 5.10 Å². The topological polar surface area (TPSA) is 80.6 Å². The molecule has 0 bridgehead atoms. The number of aromatic nitrogens is 1. The predicted octanol–water partition coefficient (Wildman–Crippen LogP) is 3.83. The Morgan fingerprint density at radius 2 is 1.74 bits per heavy atom. The summed E-state index contributed by atoms with van der Waals surface area (Å²) in [5.41, 5.74) is 4.04. The van der Waals surface area contributed by atoms with Crippen LogP contribution in [0, 0.1) is 0 Å². The van der Waals surface area contributed by atoms with E-state index in [1.807, 2.05) is 6.07 Å². The van der Waals surface area contributed by atoms with Gasteiger partial charge in [0.05, 0.1) is 17.3 Å². The normalized spacial score (nSPS) is 10.6. The minimum absolute atomic E-state index is 0.367. The largest absolute Gasteiger partial charge is 0.423 e. The summed E-state index contributed by atoms with van der Waals surface area (Å²) in [5, 5.41) is 3.91. The van der Waals surface area contributed by atoms with Gasteiger partial charge in [0.25, 0.3) is 5.91 Å². The number of hydrazone groups is 1. The summed E-state index contributed by atoms with van der Waals surface area (Å²) in [6.07, 6.45) is 4.53. The highest BCUT2D eigenvalue weighted by Gasteiger charge is 2.07. The maximum Gasteiger partial charge on any atom is 0.343 e. The smallest absolute Gasteiger partial charge is 0.343 e. The Labute approximate surface area is 164 Å². The van der Waals surface area contributed by atoms with E-state index >= 15 is 0 Å². The number of pyridine rings is 1. The Bertz CT molecular complexity index is 973. The Kier molecular flexibility index (Phi) is 6.06. The van der Waals surface area contributed by atoms with Crippen LogP contribution in [0.1, 0.15) is 26.3 Å². The molecule has 1 heterocycles. The number of carbonyl (C=O) groups is 2. The number of esters is 1. The molecular weight excluding hydrogens is 410 g/mol. The van der Waals surface area contributed by atoms with Crippen molar-refractivity contribution in [2.45, 2.75) is 0 Å². The zero-order valence-corrected chi connectivity index (χ0v) is 15.6. The zero-order valence-electron chi connectivity index (χ0n) is 14.0. The molecule has 0 aliphatic heterocycles. The lowest BCUT2D eigenvalue weighted by molar-refractivity contribution is 0.0734. The van der Waals surface area contributed by atoms with Crippen LogP contribution in [-0.4, -0.2) is 23.1 Å². The van der Waals surface area contributed by atoms with E-state index in [1.54, 1.807) is 60.8 Å². The van der Waals surface area contributed by atoms with Crippen LogP contribution in [0.25, 0.3) is 0 Å². The Morgan fingerprint density at radius 1 is 1.00 bits per heavy atom. The lowest BCUT2D eigenvalue weighted by atomic mass is 10.2. The number of benzene rings is 2. The van der Waals surface area contributed by atoms with Gasteiger partial charge in [-0.2, -0.15) is 5.10 Å². The van der Waals surface area contributed by atoms with E-state index in [1.165, 1.54) is 12.4 Å². The number of rotatable bonds is 5. The van der Waals surface area contributed by atoms with Crippen molar-refractivity contribution in [3.8, 4) is 5.75 Å². The minimum atomic E-state index is -0.424. The van der Waals surface area contributed by atoms with Crippen LogP contribution in [0.15, 0.2) is 82.6 Å². The first-order chi connectivity index (χ1) is 13.1. The SMILES string of the molecule is O=C(N/N=C\c1ccc(OC(=O)c2ccccc2)cc1)c1cncc(Br)c1. The molecule has 1 amide bonds. The quantitative estimate of drug-likeness (QED) is 0.292. The average Bonchev–Trinajstić information content (AvgIpc) is 2.70. The molecule has 0 saturated heterocycles. The highest BCUT2D eigenvalue weighted by atomic mass is 79.9. The van der Waals surface area contributed by atoms with E-state index in [9.17, 15) is 9.59 Å². The van der Waals surface area contributed by atoms with E-state index in [2.05, 4.69) is 31.4 Å². The molecule has 0 saturated carbocycles. The van der Waals surface area contributed by atoms with Crippen molar-refractivity contribution >= 4 is 34.0 Å². The van der Waals surface area contributed by atoms with Crippen molar-refractivity contribution in [1.82, 2.24) is 10.4 Å². The second-order valence-electron chi connectivity index (χ2n) is 5.42. The molecule has 0 unspecified atom stereocenters. The number of hydrogen-bond donors (Lipinski definition) is 1. The predicted molar refractivity (Wildman–Crippen MR) is 105 cm³/mol. The third-order valence-electron chi connectivity index (χ3n) is 3.45. The second-order valence-corrected chi connectivity index (χ2v) is 6.33. The van der Waals surface area contributed by atoms with E-state index in [4.69, 9.17) is 4.74 Å². The van der Waals surface area contributed by atoms with Crippen LogP contribution in [0.2, 0.25) is 0 Å². The summed E-state index contributed by atoms with van der Waals surface area (Å²) < 4.78 is 6.01. The van der Waals surface area contributed by atoms with Gasteiger partial charge in [-0.15, -0.1) is 0 Å². The summed E-state index contributed by atoms with van der Waals surface area (Å²) in [4.78, 5) is 27.9. The van der Waals surface area contributed by atoms with Gasteiger partial charge < -0.3 is 4.74 Å². The molecule has 134 valence electrons. The van der Waals surface area contributed by atoms with Crippen LogP contribution < -0.4 is 10.2 Å². The van der Waals surface area contributed by atoms with Crippen LogP contribution in [0.5, 0.6) is 5.75 Å². The lowest BCUT2D eigenvalue weighted by Crippen LogP contribution is -2.17. The van der Waals surface area contributed by atoms with Crippen molar-refractivity contribution in [2.75, 3.05) is 0 Å². The number of nitrogens with zero attached hydrogens (tertiary/aromatic N) is 2. The van der Waals surface area contributed by atoms with Crippen molar-refractivity contribution < 1.29 is 14.3 Å². The fraction of sp³-hybridized carbons (Fsp3) is 0. The summed E-state index contributed by atoms with van der Waals surface area (Å²) in [6.45, 7) is 0. The third kappa shape index (κ3) is 5.32. The molecule has 27 heavy (non-hydrogen) atoms. The molecule has 3 aromatic rings. The number of amides is 1. The number of hydrogen-bond acceptors (Lipinski definition) is 5. The van der Waals surface area contributed by atoms with Crippen LogP contribution in [-0.2, 0) is 0 Å². The molecule has 0 atom stereocenters. The van der Waals surface area contributed by atoms with Crippen LogP contribution in [0.3, 0.4) is 0 Å². The van der Waals surface area contributed by atoms with Gasteiger partial charge in [-0.25, -0.2) is 10.2 Å². The average molecular weight is 424 g/mol. The zero-order chi connectivity index (χ0) is 19.1. The highest BCUT2D eigenvalue weighted by molar-refractivity contribution is 9.10. The highest BCUT2D eigenvalue weighted by Crippen LogP contribution is 2.14. The van der Waals surface area contributed by atoms with Gasteiger partial charge in [0, 0.05) is 16.9 Å². The van der Waals surface area contributed by atoms with Crippen LogP contribution >= 0.6 is 15.9 Å². The molecule has 0 spiro atoms. The molecule has 3 rings (SSSR count). The molecule has 2 aromatic carbocycles. The summed E-state index contributed by atoms with van der Waals surface area (Å²) in [6, 6.07) is 17.2. The Morgan fingerprint density at radius 3 is 2.44 bits per heavy atom. The van der Waals surface area contributed by atoms with Gasteiger partial charge in [-0.05, 0) is 64.0 Å². The van der Waals surface area contributed by atoms with Crippen molar-refractivity contribution in [3.63, 3.8) is 0 Å². The standard InChI is InChI=1S/C20H14BrN3O3/c21-17-10-16(12-22-13-17)19(25)24-23-11-14-6-8-18(9-7-14)27-20(26)15-4-2-1-3-5-15/h1-13H,(H,24,25)/b23-11-. The first-order valence-corrected chi connectivity index (χ1v) is 8.72. The van der Waals surface area contributed by atoms with Gasteiger partial charge in [-0.1, -0.05) is 18.2 Å². The van der Waals surface area contributed by atoms with Gasteiger partial charge in [-0.3, -0.25) is 9.78 Å². The summed E-state index contributed by atoms with van der Waals surface area (Å²) in [7, 11) is 0. The van der Waals surface area contributed by atoms with E-state index in [0.29, 0.717) is 21.3 Å². The van der Waals surface area contributed by atoms with Crippen LogP contribution in [0.4, 0.5) is 0 Å². The number of nitrogens with one attached hydrogen (secondary N) is 1. The van der Waals surface area contributed by atoms with E-state index in [0.717, 1.165) is 5.56 Å². The maximum atomic E-state index is 12.0. The van der Waals surface area contributed by atoms with Gasteiger partial charge in [0.2, 0.25) is 0 Å². The third-order valence-corrected chi connectivity index (χ3v) is 3.88. The molecule has 6 nitrogen and oxygen atoms in total. The molecule has 1 aromatic heterocycles. The second kappa shape index (κ2) is 8.86. The molecule has 0 fully saturated rings. The summed E-state index contributed by atoms with van der Waals surface area (Å²) >= 11 is 3.26. The van der Waals surface area contributed by atoms with Crippen molar-refractivity contribution in [3.05, 3.63) is 94.2 Å². The molecule has 1 N–H and O–H groups in total. The number of carbonyl (C=O) groups excluding carboxylic acids is 2. The van der Waals surface area contributed by atoms with Gasteiger partial charge in [0.1, 0.15) is 5.75 Å². The molecule has 7 heteroatoms. The molecule has 0 radical (unpaired) electrons. The van der Waals surface area contributed by atoms with Gasteiger partial charge in [0.15, 0.2) is 0 Å². The Balaban J connectivity index is 1.56. The lowest BCUT2D eigenvalue weighted by Gasteiger charge is -2.04. The summed E-state index contributed by atoms with van der Waals surface area (Å²) in [5.74, 6) is -0.370. The fourth-order valence-electron chi connectivity index (χ4n) is 2.13. The first-order valence-electron chi connectivity index (χ1n) is 7.93. The number of ether oxygens (including phenoxy) is 1. The maximum absolute atomic E-state index is 12.0. The molecule has 0 aliphatic carbocycles. The number of halogens is 1. The first kappa shape index (κ1) is 18.5. The monoisotopic (exact) mass is 423 g/mol. The van der Waals surface area contributed by atoms with Crippen molar-refractivity contribution in [1.29, 1.82) is 0 Å². The van der Waals surface area contributed by atoms with E-state index in [-0.39, 0.29) is 5.91 Å². The van der Waals surface area contributed by atoms with E-state index < -0.39 is 5.97 Å². The van der Waals surface area contributed by atoms with Gasteiger partial charge >= 0.3 is 5.97 Å². The fourth-order valence-corrected chi connectivity index (χ4v) is 2.49. The Hall–Kier alpha value is -3.32. The minimum Gasteiger partial charge on any atom is -0.423 e.